The number of esters is 1. The Kier molecular flexibility index (Phi) is 11.5. The first-order valence-corrected chi connectivity index (χ1v) is 16.3. The maximum Gasteiger partial charge on any atom is 0.331 e. The highest BCUT2D eigenvalue weighted by Crippen LogP contribution is 2.40. The van der Waals surface area contributed by atoms with E-state index in [9.17, 15) is 4.79 Å². The molecule has 5 heteroatoms. The molecule has 0 radical (unpaired) electrons. The van der Waals surface area contributed by atoms with Gasteiger partial charge >= 0.3 is 5.97 Å². The first-order chi connectivity index (χ1) is 15.1. The summed E-state index contributed by atoms with van der Waals surface area (Å²) in [6, 6.07) is 0. The van der Waals surface area contributed by atoms with Crippen LogP contribution in [0.15, 0.2) is 12.2 Å². The number of ether oxygens (including phenoxy) is 2. The number of hydrogen-bond donors (Lipinski definition) is 0. The first kappa shape index (κ1) is 27.6. The minimum atomic E-state index is -1.88. The van der Waals surface area contributed by atoms with E-state index in [2.05, 4.69) is 40.8 Å². The van der Waals surface area contributed by atoms with E-state index in [0.717, 1.165) is 19.3 Å². The molecule has 0 amide bonds. The summed E-state index contributed by atoms with van der Waals surface area (Å²) in [6.07, 6.45) is 19.9. The van der Waals surface area contributed by atoms with E-state index in [-0.39, 0.29) is 35.4 Å². The number of carbonyl (C=O) groups excluding carboxylic acids is 1. The average Bonchev–Trinajstić information content (AvgIpc) is 3.36. The maximum absolute atomic E-state index is 11.5. The van der Waals surface area contributed by atoms with Crippen LogP contribution >= 0.6 is 0 Å². The molecule has 4 atom stereocenters. The van der Waals surface area contributed by atoms with E-state index in [0.29, 0.717) is 0 Å². The highest BCUT2D eigenvalue weighted by atomic mass is 28.4. The lowest BCUT2D eigenvalue weighted by molar-refractivity contribution is -0.145. The van der Waals surface area contributed by atoms with E-state index in [1.54, 1.807) is 0 Å². The topological polar surface area (TPSA) is 44.8 Å². The van der Waals surface area contributed by atoms with Crippen molar-refractivity contribution in [2.24, 2.45) is 0 Å². The molecule has 0 aromatic carbocycles. The maximum atomic E-state index is 11.5. The fourth-order valence-electron chi connectivity index (χ4n) is 4.50. The van der Waals surface area contributed by atoms with Crippen molar-refractivity contribution in [3.05, 3.63) is 12.2 Å². The second-order valence-corrected chi connectivity index (χ2v) is 16.2. The highest BCUT2D eigenvalue weighted by Gasteiger charge is 2.43. The molecular weight excluding hydrogens is 416 g/mol. The van der Waals surface area contributed by atoms with Crippen molar-refractivity contribution in [2.45, 2.75) is 154 Å². The van der Waals surface area contributed by atoms with Gasteiger partial charge in [-0.25, -0.2) is 4.79 Å². The highest BCUT2D eigenvalue weighted by molar-refractivity contribution is 6.74. The Morgan fingerprint density at radius 3 is 2.12 bits per heavy atom. The summed E-state index contributed by atoms with van der Waals surface area (Å²) in [6.45, 7) is 13.9. The van der Waals surface area contributed by atoms with Gasteiger partial charge in [0.05, 0.1) is 18.3 Å². The molecule has 4 nitrogen and oxygen atoms in total. The lowest BCUT2D eigenvalue weighted by atomic mass is 10.0. The SMILES string of the molecule is CCCCCCCCCCCC[C@H](O[Si](C)(C)C(C)(C)C)[C@@H]1CCC([C@@H]2C=CC(=O)O2)O1. The monoisotopic (exact) mass is 466 g/mol. The van der Waals surface area contributed by atoms with Gasteiger partial charge in [0.2, 0.25) is 0 Å². The quantitative estimate of drug-likeness (QED) is 0.141. The minimum Gasteiger partial charge on any atom is -0.452 e. The summed E-state index contributed by atoms with van der Waals surface area (Å²) in [5.41, 5.74) is 0. The molecule has 32 heavy (non-hydrogen) atoms. The van der Waals surface area contributed by atoms with E-state index in [1.807, 2.05) is 6.08 Å². The van der Waals surface area contributed by atoms with Crippen LogP contribution < -0.4 is 0 Å². The standard InChI is InChI=1S/C27H50O4Si/c1-7-8-9-10-11-12-13-14-15-16-17-25(31-32(5,6)27(2,3)4)24-19-18-22(29-24)23-20-21-26(28)30-23/h20-25H,7-19H2,1-6H3/t22?,23-,24-,25-/m0/s1. The van der Waals surface area contributed by atoms with Crippen molar-refractivity contribution in [3.63, 3.8) is 0 Å². The lowest BCUT2D eigenvalue weighted by Crippen LogP contribution is -2.47. The molecule has 0 aliphatic carbocycles. The van der Waals surface area contributed by atoms with Crippen molar-refractivity contribution in [3.8, 4) is 0 Å². The molecule has 0 saturated carbocycles. The summed E-state index contributed by atoms with van der Waals surface area (Å²) in [4.78, 5) is 11.5. The Bertz CT molecular complexity index is 581. The molecule has 1 unspecified atom stereocenters. The van der Waals surface area contributed by atoms with Crippen molar-refractivity contribution in [2.75, 3.05) is 0 Å². The summed E-state index contributed by atoms with van der Waals surface area (Å²) in [5, 5.41) is 0.185. The third-order valence-corrected chi connectivity index (χ3v) is 12.1. The molecule has 2 aliphatic heterocycles. The Morgan fingerprint density at radius 1 is 1.00 bits per heavy atom. The number of hydrogen-bond acceptors (Lipinski definition) is 4. The fourth-order valence-corrected chi connectivity index (χ4v) is 5.88. The van der Waals surface area contributed by atoms with Gasteiger partial charge in [0, 0.05) is 6.08 Å². The van der Waals surface area contributed by atoms with Crippen molar-refractivity contribution < 1.29 is 18.7 Å². The van der Waals surface area contributed by atoms with Gasteiger partial charge in [0.25, 0.3) is 0 Å². The Labute approximate surface area is 199 Å². The zero-order valence-electron chi connectivity index (χ0n) is 21.8. The molecule has 186 valence electrons. The van der Waals surface area contributed by atoms with Crippen LogP contribution in [0.25, 0.3) is 0 Å². The number of carbonyl (C=O) groups is 1. The molecule has 2 aliphatic rings. The molecule has 1 saturated heterocycles. The van der Waals surface area contributed by atoms with Crippen LogP contribution in [0.4, 0.5) is 0 Å². The lowest BCUT2D eigenvalue weighted by Gasteiger charge is -2.41. The largest absolute Gasteiger partial charge is 0.452 e. The van der Waals surface area contributed by atoms with E-state index >= 15 is 0 Å². The summed E-state index contributed by atoms with van der Waals surface area (Å²) in [5.74, 6) is -0.249. The second-order valence-electron chi connectivity index (χ2n) is 11.4. The van der Waals surface area contributed by atoms with Crippen LogP contribution in [-0.2, 0) is 18.7 Å². The molecule has 0 N–H and O–H groups in total. The summed E-state index contributed by atoms with van der Waals surface area (Å²) >= 11 is 0. The number of unbranched alkanes of at least 4 members (excludes halogenated alkanes) is 9. The predicted molar refractivity (Wildman–Crippen MR) is 135 cm³/mol. The van der Waals surface area contributed by atoms with Crippen LogP contribution in [0, 0.1) is 0 Å². The van der Waals surface area contributed by atoms with Crippen molar-refractivity contribution >= 4 is 14.3 Å². The van der Waals surface area contributed by atoms with Gasteiger partial charge in [-0.3, -0.25) is 0 Å². The molecule has 0 aromatic heterocycles. The van der Waals surface area contributed by atoms with Crippen LogP contribution in [0.5, 0.6) is 0 Å². The zero-order chi connectivity index (χ0) is 23.6. The van der Waals surface area contributed by atoms with E-state index < -0.39 is 8.32 Å². The minimum absolute atomic E-state index is 0.0269. The summed E-state index contributed by atoms with van der Waals surface area (Å²) in [7, 11) is -1.88. The summed E-state index contributed by atoms with van der Waals surface area (Å²) < 4.78 is 18.7. The van der Waals surface area contributed by atoms with Crippen LogP contribution in [0.3, 0.4) is 0 Å². The predicted octanol–water partition coefficient (Wildman–Crippen LogP) is 7.72. The third kappa shape index (κ3) is 8.94. The fraction of sp³-hybridized carbons (Fsp3) is 0.889. The number of rotatable bonds is 15. The van der Waals surface area contributed by atoms with Crippen molar-refractivity contribution in [1.82, 2.24) is 0 Å². The molecule has 2 rings (SSSR count). The smallest absolute Gasteiger partial charge is 0.331 e. The van der Waals surface area contributed by atoms with Crippen LogP contribution in [0.2, 0.25) is 18.1 Å². The van der Waals surface area contributed by atoms with E-state index in [4.69, 9.17) is 13.9 Å². The molecule has 0 bridgehead atoms. The van der Waals surface area contributed by atoms with Crippen LogP contribution in [-0.4, -0.2) is 38.7 Å². The molecule has 1 fully saturated rings. The molecule has 0 spiro atoms. The van der Waals surface area contributed by atoms with Gasteiger partial charge < -0.3 is 13.9 Å². The van der Waals surface area contributed by atoms with Gasteiger partial charge in [-0.1, -0.05) is 91.9 Å². The average molecular weight is 467 g/mol. The van der Waals surface area contributed by atoms with Gasteiger partial charge in [0.15, 0.2) is 8.32 Å². The van der Waals surface area contributed by atoms with E-state index in [1.165, 1.54) is 70.3 Å². The molecule has 0 aromatic rings. The van der Waals surface area contributed by atoms with Gasteiger partial charge in [-0.2, -0.15) is 0 Å². The first-order valence-electron chi connectivity index (χ1n) is 13.4. The van der Waals surface area contributed by atoms with Gasteiger partial charge in [0.1, 0.15) is 6.10 Å². The molecule has 2 heterocycles. The Hall–Kier alpha value is -0.653. The molecular formula is C27H50O4Si. The number of cyclic esters (lactones) is 1. The third-order valence-electron chi connectivity index (χ3n) is 7.63. The normalized spacial score (nSPS) is 24.8. The van der Waals surface area contributed by atoms with Gasteiger partial charge in [-0.15, -0.1) is 0 Å². The van der Waals surface area contributed by atoms with Gasteiger partial charge in [-0.05, 0) is 43.5 Å². The van der Waals surface area contributed by atoms with Crippen molar-refractivity contribution in [1.29, 1.82) is 0 Å². The zero-order valence-corrected chi connectivity index (χ0v) is 22.8. The second kappa shape index (κ2) is 13.3. The van der Waals surface area contributed by atoms with Crippen LogP contribution in [0.1, 0.15) is 111 Å². The Balaban J connectivity index is 1.79. The Morgan fingerprint density at radius 2 is 1.59 bits per heavy atom.